The Morgan fingerprint density at radius 2 is 2.19 bits per heavy atom. The van der Waals surface area contributed by atoms with Gasteiger partial charge in [0.15, 0.2) is 5.82 Å². The topological polar surface area (TPSA) is 68.8 Å². The van der Waals surface area contributed by atoms with E-state index in [1.807, 2.05) is 6.92 Å². The van der Waals surface area contributed by atoms with Crippen LogP contribution in [-0.4, -0.2) is 26.5 Å². The van der Waals surface area contributed by atoms with Crippen molar-refractivity contribution in [2.75, 3.05) is 6.54 Å². The second-order valence-electron chi connectivity index (χ2n) is 5.74. The zero-order valence-electron chi connectivity index (χ0n) is 12.6. The first-order valence-electron chi connectivity index (χ1n) is 7.85. The molecule has 21 heavy (non-hydrogen) atoms. The highest BCUT2D eigenvalue weighted by atomic mass is 16.5. The lowest BCUT2D eigenvalue weighted by molar-refractivity contribution is 0.327. The number of aryl methyl sites for hydroxylation is 1. The van der Waals surface area contributed by atoms with E-state index >= 15 is 0 Å². The van der Waals surface area contributed by atoms with Crippen LogP contribution < -0.4 is 5.32 Å². The summed E-state index contributed by atoms with van der Waals surface area (Å²) in [5.74, 6) is 1.38. The second kappa shape index (κ2) is 6.85. The maximum atomic E-state index is 5.08. The molecule has 0 saturated heterocycles. The first kappa shape index (κ1) is 14.3. The maximum absolute atomic E-state index is 5.08. The van der Waals surface area contributed by atoms with Gasteiger partial charge in [-0.3, -0.25) is 4.68 Å². The van der Waals surface area contributed by atoms with Gasteiger partial charge in [0.05, 0.1) is 11.7 Å². The Hall–Kier alpha value is -1.69. The molecule has 0 atom stereocenters. The van der Waals surface area contributed by atoms with Crippen LogP contribution in [-0.2, 0) is 13.0 Å². The highest BCUT2D eigenvalue weighted by Gasteiger charge is 2.15. The molecule has 0 aliphatic heterocycles. The van der Waals surface area contributed by atoms with Crippen LogP contribution in [0.2, 0.25) is 0 Å². The number of hydrogen-bond acceptors (Lipinski definition) is 5. The van der Waals surface area contributed by atoms with Gasteiger partial charge in [0, 0.05) is 25.7 Å². The van der Waals surface area contributed by atoms with E-state index in [0.29, 0.717) is 17.8 Å². The SMILES string of the molecule is Cc1noc(CCNCc2ccn(C3CCCCC3)n2)n1. The van der Waals surface area contributed by atoms with Crippen molar-refractivity contribution in [1.29, 1.82) is 0 Å². The lowest BCUT2D eigenvalue weighted by Gasteiger charge is -2.21. The summed E-state index contributed by atoms with van der Waals surface area (Å²) in [4.78, 5) is 4.18. The van der Waals surface area contributed by atoms with Gasteiger partial charge >= 0.3 is 0 Å². The molecule has 1 aliphatic rings. The van der Waals surface area contributed by atoms with Gasteiger partial charge in [-0.2, -0.15) is 10.1 Å². The van der Waals surface area contributed by atoms with Crippen LogP contribution in [0.5, 0.6) is 0 Å². The van der Waals surface area contributed by atoms with E-state index in [1.54, 1.807) is 0 Å². The molecule has 1 N–H and O–H groups in total. The van der Waals surface area contributed by atoms with Crippen LogP contribution in [0.1, 0.15) is 55.6 Å². The molecule has 2 heterocycles. The predicted octanol–water partition coefficient (Wildman–Crippen LogP) is 2.41. The molecule has 2 aromatic heterocycles. The molecule has 2 aromatic rings. The van der Waals surface area contributed by atoms with E-state index in [2.05, 4.69) is 37.5 Å². The summed E-state index contributed by atoms with van der Waals surface area (Å²) in [7, 11) is 0. The summed E-state index contributed by atoms with van der Waals surface area (Å²) in [6.07, 6.45) is 9.46. The summed E-state index contributed by atoms with van der Waals surface area (Å²) >= 11 is 0. The number of hydrogen-bond donors (Lipinski definition) is 1. The van der Waals surface area contributed by atoms with Crippen LogP contribution >= 0.6 is 0 Å². The molecule has 1 saturated carbocycles. The van der Waals surface area contributed by atoms with Crippen molar-refractivity contribution in [2.24, 2.45) is 0 Å². The Bertz CT molecular complexity index is 556. The molecule has 0 spiro atoms. The number of nitrogens with zero attached hydrogens (tertiary/aromatic N) is 4. The molecular formula is C15H23N5O. The lowest BCUT2D eigenvalue weighted by Crippen LogP contribution is -2.18. The summed E-state index contributed by atoms with van der Waals surface area (Å²) in [6, 6.07) is 2.72. The monoisotopic (exact) mass is 289 g/mol. The molecule has 0 bridgehead atoms. The molecule has 1 aliphatic carbocycles. The first-order chi connectivity index (χ1) is 10.3. The summed E-state index contributed by atoms with van der Waals surface area (Å²) in [5.41, 5.74) is 1.10. The second-order valence-corrected chi connectivity index (χ2v) is 5.74. The Balaban J connectivity index is 1.42. The molecule has 6 nitrogen and oxygen atoms in total. The van der Waals surface area contributed by atoms with Crippen LogP contribution in [0.3, 0.4) is 0 Å². The van der Waals surface area contributed by atoms with Crippen molar-refractivity contribution in [3.05, 3.63) is 29.7 Å². The minimum absolute atomic E-state index is 0.605. The summed E-state index contributed by atoms with van der Waals surface area (Å²) < 4.78 is 7.23. The average Bonchev–Trinajstić information content (AvgIpc) is 3.14. The minimum Gasteiger partial charge on any atom is -0.339 e. The fraction of sp³-hybridized carbons (Fsp3) is 0.667. The zero-order valence-corrected chi connectivity index (χ0v) is 12.6. The van der Waals surface area contributed by atoms with Gasteiger partial charge in [-0.05, 0) is 25.8 Å². The van der Waals surface area contributed by atoms with Gasteiger partial charge in [0.25, 0.3) is 0 Å². The smallest absolute Gasteiger partial charge is 0.227 e. The van der Waals surface area contributed by atoms with E-state index in [9.17, 15) is 0 Å². The van der Waals surface area contributed by atoms with Crippen LogP contribution in [0, 0.1) is 6.92 Å². The Morgan fingerprint density at radius 1 is 1.33 bits per heavy atom. The van der Waals surface area contributed by atoms with E-state index in [0.717, 1.165) is 25.2 Å². The normalized spacial score (nSPS) is 16.4. The average molecular weight is 289 g/mol. The molecule has 0 unspecified atom stereocenters. The van der Waals surface area contributed by atoms with E-state index < -0.39 is 0 Å². The maximum Gasteiger partial charge on any atom is 0.227 e. The van der Waals surface area contributed by atoms with Gasteiger partial charge in [-0.25, -0.2) is 0 Å². The first-order valence-corrected chi connectivity index (χ1v) is 7.85. The Kier molecular flexibility index (Phi) is 4.65. The van der Waals surface area contributed by atoms with Crippen LogP contribution in [0.4, 0.5) is 0 Å². The fourth-order valence-corrected chi connectivity index (χ4v) is 2.87. The highest BCUT2D eigenvalue weighted by molar-refractivity contribution is 4.99. The molecule has 0 radical (unpaired) electrons. The molecule has 0 amide bonds. The standard InChI is InChI=1S/C15H23N5O/c1-12-17-15(21-19-12)7-9-16-11-13-8-10-20(18-13)14-5-3-2-4-6-14/h8,10,14,16H,2-7,9,11H2,1H3. The molecule has 3 rings (SSSR count). The fourth-order valence-electron chi connectivity index (χ4n) is 2.87. The van der Waals surface area contributed by atoms with Crippen molar-refractivity contribution >= 4 is 0 Å². The number of aromatic nitrogens is 4. The van der Waals surface area contributed by atoms with E-state index in [-0.39, 0.29) is 0 Å². The highest BCUT2D eigenvalue weighted by Crippen LogP contribution is 2.27. The predicted molar refractivity (Wildman–Crippen MR) is 78.8 cm³/mol. The van der Waals surface area contributed by atoms with Gasteiger partial charge in [0.1, 0.15) is 0 Å². The van der Waals surface area contributed by atoms with Crippen molar-refractivity contribution in [2.45, 2.75) is 58.0 Å². The lowest BCUT2D eigenvalue weighted by atomic mass is 9.96. The van der Waals surface area contributed by atoms with Crippen molar-refractivity contribution in [3.63, 3.8) is 0 Å². The van der Waals surface area contributed by atoms with Crippen LogP contribution in [0.15, 0.2) is 16.8 Å². The zero-order chi connectivity index (χ0) is 14.5. The molecule has 1 fully saturated rings. The van der Waals surface area contributed by atoms with Gasteiger partial charge in [-0.1, -0.05) is 24.4 Å². The third-order valence-electron chi connectivity index (χ3n) is 4.00. The number of nitrogens with one attached hydrogen (secondary N) is 1. The number of rotatable bonds is 6. The van der Waals surface area contributed by atoms with E-state index in [4.69, 9.17) is 4.52 Å². The summed E-state index contributed by atoms with van der Waals surface area (Å²) in [5, 5.41) is 11.8. The molecule has 114 valence electrons. The van der Waals surface area contributed by atoms with Crippen molar-refractivity contribution < 1.29 is 4.52 Å². The molecule has 0 aromatic carbocycles. The Labute approximate surface area is 124 Å². The van der Waals surface area contributed by atoms with Crippen LogP contribution in [0.25, 0.3) is 0 Å². The third kappa shape index (κ3) is 3.91. The third-order valence-corrected chi connectivity index (χ3v) is 4.00. The quantitative estimate of drug-likeness (QED) is 0.827. The largest absolute Gasteiger partial charge is 0.339 e. The van der Waals surface area contributed by atoms with Gasteiger partial charge in [-0.15, -0.1) is 0 Å². The Morgan fingerprint density at radius 3 is 2.95 bits per heavy atom. The van der Waals surface area contributed by atoms with Gasteiger partial charge in [0.2, 0.25) is 5.89 Å². The van der Waals surface area contributed by atoms with Gasteiger partial charge < -0.3 is 9.84 Å². The van der Waals surface area contributed by atoms with E-state index in [1.165, 1.54) is 32.1 Å². The molecular weight excluding hydrogens is 266 g/mol. The summed E-state index contributed by atoms with van der Waals surface area (Å²) in [6.45, 7) is 3.43. The van der Waals surface area contributed by atoms with Crippen molar-refractivity contribution in [1.82, 2.24) is 25.2 Å². The minimum atomic E-state index is 0.605. The molecule has 6 heteroatoms. The van der Waals surface area contributed by atoms with Crippen molar-refractivity contribution in [3.8, 4) is 0 Å².